The van der Waals surface area contributed by atoms with Crippen molar-refractivity contribution in [2.45, 2.75) is 12.3 Å². The predicted octanol–water partition coefficient (Wildman–Crippen LogP) is 3.41. The molecular weight excluding hydrogens is 376 g/mol. The first-order valence-corrected chi connectivity index (χ1v) is 10.3. The molecule has 1 aliphatic heterocycles. The summed E-state index contributed by atoms with van der Waals surface area (Å²) in [6, 6.07) is 25.3. The van der Waals surface area contributed by atoms with Gasteiger partial charge in [-0.15, -0.1) is 0 Å². The van der Waals surface area contributed by atoms with E-state index < -0.39 is 5.72 Å². The number of aromatic hydroxyl groups is 1. The Hall–Kier alpha value is -2.86. The van der Waals surface area contributed by atoms with Crippen molar-refractivity contribution in [3.05, 3.63) is 95.6 Å². The first-order chi connectivity index (χ1) is 14.6. The van der Waals surface area contributed by atoms with Gasteiger partial charge in [0.1, 0.15) is 0 Å². The number of hydrogen-bond donors (Lipinski definition) is 2. The molecule has 0 saturated carbocycles. The molecule has 3 aromatic rings. The molecular formula is C25H28N2O3. The van der Waals surface area contributed by atoms with Crippen molar-refractivity contribution in [2.24, 2.45) is 0 Å². The van der Waals surface area contributed by atoms with E-state index in [9.17, 15) is 10.2 Å². The van der Waals surface area contributed by atoms with E-state index in [0.29, 0.717) is 25.4 Å². The number of nitrogens with zero attached hydrogens (tertiary/aromatic N) is 2. The van der Waals surface area contributed by atoms with Gasteiger partial charge in [-0.3, -0.25) is 9.80 Å². The van der Waals surface area contributed by atoms with Gasteiger partial charge in [0.2, 0.25) is 0 Å². The minimum atomic E-state index is -1.17. The smallest absolute Gasteiger partial charge is 0.171 e. The minimum Gasteiger partial charge on any atom is -0.504 e. The first kappa shape index (κ1) is 20.4. The normalized spacial score (nSPS) is 15.8. The van der Waals surface area contributed by atoms with Gasteiger partial charge in [0.05, 0.1) is 7.11 Å². The highest BCUT2D eigenvalue weighted by atomic mass is 16.5. The molecule has 0 radical (unpaired) electrons. The molecule has 5 heteroatoms. The zero-order chi connectivity index (χ0) is 21.0. The number of piperazine rings is 1. The summed E-state index contributed by atoms with van der Waals surface area (Å²) in [5, 5.41) is 22.3. The third kappa shape index (κ3) is 3.92. The summed E-state index contributed by atoms with van der Waals surface area (Å²) in [7, 11) is 1.56. The number of phenols is 1. The Kier molecular flexibility index (Phi) is 6.04. The number of aliphatic hydroxyl groups is 1. The lowest BCUT2D eigenvalue weighted by Gasteiger charge is -2.45. The van der Waals surface area contributed by atoms with E-state index in [-0.39, 0.29) is 5.75 Å². The molecule has 1 aliphatic rings. The van der Waals surface area contributed by atoms with E-state index in [2.05, 4.69) is 9.80 Å². The maximum Gasteiger partial charge on any atom is 0.171 e. The average Bonchev–Trinajstić information content (AvgIpc) is 2.81. The Balaban J connectivity index is 1.53. The molecule has 30 heavy (non-hydrogen) atoms. The van der Waals surface area contributed by atoms with Gasteiger partial charge in [-0.2, -0.15) is 0 Å². The second-order valence-electron chi connectivity index (χ2n) is 7.64. The molecule has 0 unspecified atom stereocenters. The molecule has 4 rings (SSSR count). The third-order valence-electron chi connectivity index (χ3n) is 5.88. The Morgan fingerprint density at radius 1 is 0.800 bits per heavy atom. The van der Waals surface area contributed by atoms with Crippen LogP contribution in [0.5, 0.6) is 11.5 Å². The average molecular weight is 405 g/mol. The Labute approximate surface area is 177 Å². The second-order valence-corrected chi connectivity index (χ2v) is 7.64. The number of para-hydroxylation sites is 1. The van der Waals surface area contributed by atoms with E-state index in [1.54, 1.807) is 13.2 Å². The van der Waals surface area contributed by atoms with E-state index in [1.807, 2.05) is 72.8 Å². The number of ether oxygens (including phenoxy) is 1. The standard InChI is InChI=1S/C25H28N2O3/c1-30-23-14-8-9-20(24(23)28)19-26-15-17-27(18-16-26)25(29,21-10-4-2-5-11-21)22-12-6-3-7-13-22/h2-14,28-29H,15-19H2,1H3. The van der Waals surface area contributed by atoms with Crippen LogP contribution in [0.1, 0.15) is 16.7 Å². The number of rotatable bonds is 6. The zero-order valence-corrected chi connectivity index (χ0v) is 17.2. The molecule has 0 spiro atoms. The van der Waals surface area contributed by atoms with Gasteiger partial charge >= 0.3 is 0 Å². The van der Waals surface area contributed by atoms with Crippen LogP contribution in [-0.4, -0.2) is 53.3 Å². The number of phenolic OH excluding ortho intramolecular Hbond substituents is 1. The summed E-state index contributed by atoms with van der Waals surface area (Å²) in [4.78, 5) is 4.43. The minimum absolute atomic E-state index is 0.201. The molecule has 0 atom stereocenters. The summed E-state index contributed by atoms with van der Waals surface area (Å²) >= 11 is 0. The lowest BCUT2D eigenvalue weighted by Crippen LogP contribution is -2.55. The fourth-order valence-corrected chi connectivity index (χ4v) is 4.20. The lowest BCUT2D eigenvalue weighted by atomic mass is 9.92. The van der Waals surface area contributed by atoms with Crippen molar-refractivity contribution >= 4 is 0 Å². The van der Waals surface area contributed by atoms with Crippen LogP contribution in [0.25, 0.3) is 0 Å². The van der Waals surface area contributed by atoms with Crippen LogP contribution >= 0.6 is 0 Å². The summed E-state index contributed by atoms with van der Waals surface area (Å²) in [5.41, 5.74) is 1.42. The monoisotopic (exact) mass is 404 g/mol. The fourth-order valence-electron chi connectivity index (χ4n) is 4.20. The van der Waals surface area contributed by atoms with Crippen LogP contribution in [-0.2, 0) is 12.3 Å². The lowest BCUT2D eigenvalue weighted by molar-refractivity contribution is -0.100. The largest absolute Gasteiger partial charge is 0.504 e. The zero-order valence-electron chi connectivity index (χ0n) is 17.2. The third-order valence-corrected chi connectivity index (χ3v) is 5.88. The molecule has 1 fully saturated rings. The first-order valence-electron chi connectivity index (χ1n) is 10.3. The molecule has 1 saturated heterocycles. The number of benzene rings is 3. The molecule has 0 aromatic heterocycles. The topological polar surface area (TPSA) is 56.2 Å². The molecule has 2 N–H and O–H groups in total. The van der Waals surface area contributed by atoms with Crippen molar-refractivity contribution in [1.29, 1.82) is 0 Å². The van der Waals surface area contributed by atoms with Crippen molar-refractivity contribution in [3.8, 4) is 11.5 Å². The molecule has 0 amide bonds. The van der Waals surface area contributed by atoms with E-state index >= 15 is 0 Å². The number of methoxy groups -OCH3 is 1. The van der Waals surface area contributed by atoms with E-state index in [1.165, 1.54) is 0 Å². The van der Waals surface area contributed by atoms with Gasteiger partial charge < -0.3 is 14.9 Å². The molecule has 1 heterocycles. The van der Waals surface area contributed by atoms with Gasteiger partial charge in [-0.05, 0) is 6.07 Å². The molecule has 3 aromatic carbocycles. The molecule has 156 valence electrons. The van der Waals surface area contributed by atoms with Gasteiger partial charge in [-0.1, -0.05) is 72.8 Å². The maximum absolute atomic E-state index is 11.9. The van der Waals surface area contributed by atoms with Gasteiger partial charge in [0, 0.05) is 49.4 Å². The Morgan fingerprint density at radius 2 is 1.37 bits per heavy atom. The highest BCUT2D eigenvalue weighted by molar-refractivity contribution is 5.45. The van der Waals surface area contributed by atoms with Crippen LogP contribution in [0.2, 0.25) is 0 Å². The van der Waals surface area contributed by atoms with E-state index in [4.69, 9.17) is 4.74 Å². The van der Waals surface area contributed by atoms with Crippen LogP contribution in [0.4, 0.5) is 0 Å². The Bertz CT molecular complexity index is 915. The van der Waals surface area contributed by atoms with Crippen molar-refractivity contribution < 1.29 is 14.9 Å². The van der Waals surface area contributed by atoms with Crippen LogP contribution in [0, 0.1) is 0 Å². The predicted molar refractivity (Wildman–Crippen MR) is 117 cm³/mol. The quantitative estimate of drug-likeness (QED) is 0.659. The van der Waals surface area contributed by atoms with Gasteiger partial charge in [0.25, 0.3) is 0 Å². The summed E-state index contributed by atoms with van der Waals surface area (Å²) in [6.07, 6.45) is 0. The van der Waals surface area contributed by atoms with Crippen molar-refractivity contribution in [3.63, 3.8) is 0 Å². The molecule has 5 nitrogen and oxygen atoms in total. The molecule has 0 bridgehead atoms. The number of hydrogen-bond acceptors (Lipinski definition) is 5. The van der Waals surface area contributed by atoms with Crippen LogP contribution in [0.3, 0.4) is 0 Å². The van der Waals surface area contributed by atoms with Gasteiger partial charge in [-0.25, -0.2) is 0 Å². The van der Waals surface area contributed by atoms with Crippen LogP contribution < -0.4 is 4.74 Å². The van der Waals surface area contributed by atoms with Gasteiger partial charge in [0.15, 0.2) is 17.2 Å². The SMILES string of the molecule is COc1cccc(CN2CCN(C(O)(c3ccccc3)c3ccccc3)CC2)c1O. The maximum atomic E-state index is 11.9. The molecule has 0 aliphatic carbocycles. The van der Waals surface area contributed by atoms with E-state index in [0.717, 1.165) is 29.8 Å². The highest BCUT2D eigenvalue weighted by Crippen LogP contribution is 2.35. The van der Waals surface area contributed by atoms with Crippen molar-refractivity contribution in [2.75, 3.05) is 33.3 Å². The van der Waals surface area contributed by atoms with Crippen LogP contribution in [0.15, 0.2) is 78.9 Å². The fraction of sp³-hybridized carbons (Fsp3) is 0.280. The van der Waals surface area contributed by atoms with Crippen molar-refractivity contribution in [1.82, 2.24) is 9.80 Å². The summed E-state index contributed by atoms with van der Waals surface area (Å²) < 4.78 is 5.22. The Morgan fingerprint density at radius 3 is 1.90 bits per heavy atom. The summed E-state index contributed by atoms with van der Waals surface area (Å²) in [6.45, 7) is 3.65. The highest BCUT2D eigenvalue weighted by Gasteiger charge is 2.39. The summed E-state index contributed by atoms with van der Waals surface area (Å²) in [5.74, 6) is 0.696. The second kappa shape index (κ2) is 8.88.